The summed E-state index contributed by atoms with van der Waals surface area (Å²) in [5.41, 5.74) is 0.980. The van der Waals surface area contributed by atoms with E-state index >= 15 is 0 Å². The molecule has 1 rings (SSSR count). The largest absolute Gasteiger partial charge is 0.505 e. The summed E-state index contributed by atoms with van der Waals surface area (Å²) in [4.78, 5) is 3.91. The van der Waals surface area contributed by atoms with Gasteiger partial charge in [0.25, 0.3) is 0 Å². The van der Waals surface area contributed by atoms with Crippen LogP contribution in [0.1, 0.15) is 5.56 Å². The number of hydrogen-bond acceptors (Lipinski definition) is 2. The number of rotatable bonds is 0. The normalized spacial score (nSPS) is 9.56. The summed E-state index contributed by atoms with van der Waals surface area (Å²) < 4.78 is 0.651. The highest BCUT2D eigenvalue weighted by Gasteiger charge is 1.95. The van der Waals surface area contributed by atoms with E-state index in [9.17, 15) is 0 Å². The van der Waals surface area contributed by atoms with Crippen molar-refractivity contribution in [2.24, 2.45) is 0 Å². The van der Waals surface area contributed by atoms with E-state index < -0.39 is 0 Å². The molecule has 1 heterocycles. The Balaban J connectivity index is 3.17. The van der Waals surface area contributed by atoms with Crippen LogP contribution in [0.2, 0.25) is 0 Å². The average molecular weight is 235 g/mol. The van der Waals surface area contributed by atoms with Crippen molar-refractivity contribution >= 4 is 22.6 Å². The van der Waals surface area contributed by atoms with Crippen LogP contribution in [0.15, 0.2) is 12.3 Å². The van der Waals surface area contributed by atoms with Crippen LogP contribution < -0.4 is 0 Å². The van der Waals surface area contributed by atoms with E-state index in [0.29, 0.717) is 3.70 Å². The molecule has 0 unspecified atom stereocenters. The zero-order valence-corrected chi connectivity index (χ0v) is 7.08. The Morgan fingerprint density at radius 2 is 2.33 bits per heavy atom. The molecule has 0 atom stereocenters. The highest BCUT2D eigenvalue weighted by Crippen LogP contribution is 2.16. The summed E-state index contributed by atoms with van der Waals surface area (Å²) in [5, 5.41) is 9.03. The van der Waals surface area contributed by atoms with Gasteiger partial charge in [0, 0.05) is 6.20 Å². The first-order valence-electron chi connectivity index (χ1n) is 2.51. The minimum absolute atomic E-state index is 0.260. The van der Waals surface area contributed by atoms with Gasteiger partial charge in [0.1, 0.15) is 9.45 Å². The van der Waals surface area contributed by atoms with Crippen molar-refractivity contribution in [3.63, 3.8) is 0 Å². The van der Waals surface area contributed by atoms with Crippen LogP contribution in [0.25, 0.3) is 0 Å². The molecule has 0 bridgehead atoms. The lowest BCUT2D eigenvalue weighted by atomic mass is 10.3. The predicted molar refractivity (Wildman–Crippen MR) is 43.4 cm³/mol. The fourth-order valence-corrected chi connectivity index (χ4v) is 0.832. The molecule has 0 saturated carbocycles. The number of hydrogen-bond donors (Lipinski definition) is 1. The average Bonchev–Trinajstić information content (AvgIpc) is 1.80. The lowest BCUT2D eigenvalue weighted by Gasteiger charge is -1.94. The maximum Gasteiger partial charge on any atom is 0.147 e. The molecule has 0 aliphatic rings. The van der Waals surface area contributed by atoms with Crippen LogP contribution >= 0.6 is 22.6 Å². The highest BCUT2D eigenvalue weighted by atomic mass is 127. The second kappa shape index (κ2) is 2.51. The fraction of sp³-hybridized carbons (Fsp3) is 0.167. The number of halogens is 1. The van der Waals surface area contributed by atoms with Crippen LogP contribution in [-0.4, -0.2) is 10.1 Å². The molecule has 0 fully saturated rings. The summed E-state index contributed by atoms with van der Waals surface area (Å²) in [6, 6.07) is 1.69. The Kier molecular flexibility index (Phi) is 1.90. The molecule has 0 spiro atoms. The first-order chi connectivity index (χ1) is 4.20. The maximum absolute atomic E-state index is 9.03. The molecule has 1 aromatic rings. The van der Waals surface area contributed by atoms with Gasteiger partial charge in [0.05, 0.1) is 0 Å². The molecular formula is C6H6INO. The highest BCUT2D eigenvalue weighted by molar-refractivity contribution is 14.1. The van der Waals surface area contributed by atoms with E-state index in [1.54, 1.807) is 12.3 Å². The van der Waals surface area contributed by atoms with E-state index in [0.717, 1.165) is 5.56 Å². The summed E-state index contributed by atoms with van der Waals surface area (Å²) in [5.74, 6) is 0.260. The lowest BCUT2D eigenvalue weighted by molar-refractivity contribution is 0.467. The molecule has 3 heteroatoms. The van der Waals surface area contributed by atoms with Gasteiger partial charge in [-0.05, 0) is 41.1 Å². The molecule has 1 N–H and O–H groups in total. The topological polar surface area (TPSA) is 33.1 Å². The molecule has 2 nitrogen and oxygen atoms in total. The van der Waals surface area contributed by atoms with Gasteiger partial charge in [-0.25, -0.2) is 4.98 Å². The van der Waals surface area contributed by atoms with Crippen molar-refractivity contribution in [1.82, 2.24) is 4.98 Å². The number of nitrogens with zero attached hydrogens (tertiary/aromatic N) is 1. The van der Waals surface area contributed by atoms with Gasteiger partial charge < -0.3 is 5.11 Å². The predicted octanol–water partition coefficient (Wildman–Crippen LogP) is 1.70. The molecule has 0 aromatic carbocycles. The van der Waals surface area contributed by atoms with Crippen LogP contribution in [0, 0.1) is 10.6 Å². The summed E-state index contributed by atoms with van der Waals surface area (Å²) in [6.45, 7) is 1.89. The first-order valence-corrected chi connectivity index (χ1v) is 3.59. The van der Waals surface area contributed by atoms with Gasteiger partial charge in [-0.3, -0.25) is 0 Å². The second-order valence-corrected chi connectivity index (χ2v) is 2.84. The quantitative estimate of drug-likeness (QED) is 0.548. The Morgan fingerprint density at radius 3 is 2.78 bits per heavy atom. The van der Waals surface area contributed by atoms with Gasteiger partial charge in [0.15, 0.2) is 0 Å². The zero-order chi connectivity index (χ0) is 6.85. The Labute approximate surface area is 67.1 Å². The van der Waals surface area contributed by atoms with Crippen LogP contribution in [-0.2, 0) is 0 Å². The number of aryl methyl sites for hydroxylation is 1. The van der Waals surface area contributed by atoms with E-state index in [-0.39, 0.29) is 5.75 Å². The van der Waals surface area contributed by atoms with E-state index in [1.807, 2.05) is 29.5 Å². The third-order valence-corrected chi connectivity index (χ3v) is 1.79. The second-order valence-electron chi connectivity index (χ2n) is 1.82. The van der Waals surface area contributed by atoms with Gasteiger partial charge >= 0.3 is 0 Å². The summed E-state index contributed by atoms with van der Waals surface area (Å²) >= 11 is 1.98. The third-order valence-electron chi connectivity index (χ3n) is 0.957. The van der Waals surface area contributed by atoms with Crippen LogP contribution in [0.3, 0.4) is 0 Å². The van der Waals surface area contributed by atoms with Gasteiger partial charge in [-0.2, -0.15) is 0 Å². The molecule has 0 radical (unpaired) electrons. The SMILES string of the molecule is Cc1cnc(I)c(O)c1. The van der Waals surface area contributed by atoms with Crippen molar-refractivity contribution < 1.29 is 5.11 Å². The molecule has 9 heavy (non-hydrogen) atoms. The van der Waals surface area contributed by atoms with Gasteiger partial charge in [-0.1, -0.05) is 0 Å². The standard InChI is InChI=1S/C6H6INO/c1-4-2-5(9)6(7)8-3-4/h2-3,9H,1H3. The third kappa shape index (κ3) is 1.54. The summed E-state index contributed by atoms with van der Waals surface area (Å²) in [7, 11) is 0. The number of pyridine rings is 1. The molecule has 0 saturated heterocycles. The Morgan fingerprint density at radius 1 is 1.67 bits per heavy atom. The summed E-state index contributed by atoms with van der Waals surface area (Å²) in [6.07, 6.45) is 1.72. The van der Waals surface area contributed by atoms with Crippen molar-refractivity contribution in [2.45, 2.75) is 6.92 Å². The van der Waals surface area contributed by atoms with Crippen molar-refractivity contribution in [3.05, 3.63) is 21.5 Å². The monoisotopic (exact) mass is 235 g/mol. The van der Waals surface area contributed by atoms with Crippen molar-refractivity contribution in [2.75, 3.05) is 0 Å². The maximum atomic E-state index is 9.03. The lowest BCUT2D eigenvalue weighted by Crippen LogP contribution is -1.81. The van der Waals surface area contributed by atoms with Gasteiger partial charge in [-0.15, -0.1) is 0 Å². The van der Waals surface area contributed by atoms with Crippen molar-refractivity contribution in [3.8, 4) is 5.75 Å². The molecular weight excluding hydrogens is 229 g/mol. The molecule has 1 aromatic heterocycles. The van der Waals surface area contributed by atoms with Gasteiger partial charge in [0.2, 0.25) is 0 Å². The van der Waals surface area contributed by atoms with E-state index in [4.69, 9.17) is 5.11 Å². The van der Waals surface area contributed by atoms with E-state index in [2.05, 4.69) is 4.98 Å². The Hall–Kier alpha value is -0.320. The molecule has 48 valence electrons. The molecule has 0 aliphatic carbocycles. The van der Waals surface area contributed by atoms with Crippen molar-refractivity contribution in [1.29, 1.82) is 0 Å². The minimum Gasteiger partial charge on any atom is -0.505 e. The van der Waals surface area contributed by atoms with E-state index in [1.165, 1.54) is 0 Å². The molecule has 0 amide bonds. The first kappa shape index (κ1) is 6.80. The number of aromatic hydroxyl groups is 1. The minimum atomic E-state index is 0.260. The number of aromatic nitrogens is 1. The smallest absolute Gasteiger partial charge is 0.147 e. The molecule has 0 aliphatic heterocycles. The van der Waals surface area contributed by atoms with Crippen LogP contribution in [0.4, 0.5) is 0 Å². The Bertz CT molecular complexity index is 224. The van der Waals surface area contributed by atoms with Crippen LogP contribution in [0.5, 0.6) is 5.75 Å². The fourth-order valence-electron chi connectivity index (χ4n) is 0.537. The zero-order valence-electron chi connectivity index (χ0n) is 4.93.